The summed E-state index contributed by atoms with van der Waals surface area (Å²) >= 11 is 0. The van der Waals surface area contributed by atoms with E-state index >= 15 is 0 Å². The summed E-state index contributed by atoms with van der Waals surface area (Å²) < 4.78 is 5.30. The largest absolute Gasteiger partial charge is 0.380 e. The number of hydrogen-bond donors (Lipinski definition) is 1. The molecule has 5 nitrogen and oxygen atoms in total. The van der Waals surface area contributed by atoms with E-state index in [9.17, 15) is 9.59 Å². The van der Waals surface area contributed by atoms with Gasteiger partial charge in [0.2, 0.25) is 11.8 Å². The summed E-state index contributed by atoms with van der Waals surface area (Å²) in [5.41, 5.74) is 0. The van der Waals surface area contributed by atoms with E-state index in [-0.39, 0.29) is 18.4 Å². The molecule has 0 radical (unpaired) electrons. The van der Waals surface area contributed by atoms with Crippen LogP contribution in [0.1, 0.15) is 19.8 Å². The summed E-state index contributed by atoms with van der Waals surface area (Å²) in [5, 5.41) is 2.55. The first kappa shape index (κ1) is 12.0. The normalized spacial score (nSPS) is 17.5. The Morgan fingerprint density at radius 1 is 1.40 bits per heavy atom. The minimum Gasteiger partial charge on any atom is -0.380 e. The average molecular weight is 214 g/mol. The SMILES string of the molecule is CCCOCCN1CCC(=O)NCC1=O. The van der Waals surface area contributed by atoms with Crippen LogP contribution < -0.4 is 5.32 Å². The monoisotopic (exact) mass is 214 g/mol. The highest BCUT2D eigenvalue weighted by Gasteiger charge is 2.19. The smallest absolute Gasteiger partial charge is 0.242 e. The van der Waals surface area contributed by atoms with E-state index in [2.05, 4.69) is 5.32 Å². The van der Waals surface area contributed by atoms with E-state index in [1.807, 2.05) is 6.92 Å². The van der Waals surface area contributed by atoms with Crippen LogP contribution in [0.4, 0.5) is 0 Å². The lowest BCUT2D eigenvalue weighted by atomic mass is 10.4. The lowest BCUT2D eigenvalue weighted by Gasteiger charge is -2.19. The summed E-state index contributed by atoms with van der Waals surface area (Å²) in [4.78, 5) is 24.2. The zero-order chi connectivity index (χ0) is 11.1. The predicted molar refractivity (Wildman–Crippen MR) is 55.3 cm³/mol. The molecule has 0 aromatic rings. The summed E-state index contributed by atoms with van der Waals surface area (Å²) in [6.07, 6.45) is 1.37. The van der Waals surface area contributed by atoms with Crippen molar-refractivity contribution >= 4 is 11.8 Å². The maximum absolute atomic E-state index is 11.5. The lowest BCUT2D eigenvalue weighted by molar-refractivity contribution is -0.130. The Hall–Kier alpha value is -1.10. The third kappa shape index (κ3) is 4.29. The van der Waals surface area contributed by atoms with Gasteiger partial charge in [0.25, 0.3) is 0 Å². The molecule has 0 saturated carbocycles. The molecule has 0 unspecified atom stereocenters. The van der Waals surface area contributed by atoms with Gasteiger partial charge in [0.15, 0.2) is 0 Å². The van der Waals surface area contributed by atoms with E-state index in [0.29, 0.717) is 26.1 Å². The number of nitrogens with zero attached hydrogens (tertiary/aromatic N) is 1. The van der Waals surface area contributed by atoms with Crippen molar-refractivity contribution in [2.45, 2.75) is 19.8 Å². The molecule has 0 bridgehead atoms. The van der Waals surface area contributed by atoms with Crippen LogP contribution in [0.15, 0.2) is 0 Å². The molecular formula is C10H18N2O3. The van der Waals surface area contributed by atoms with Crippen molar-refractivity contribution in [1.29, 1.82) is 0 Å². The first-order chi connectivity index (χ1) is 7.24. The molecule has 2 amide bonds. The molecular weight excluding hydrogens is 196 g/mol. The van der Waals surface area contributed by atoms with Gasteiger partial charge in [-0.05, 0) is 6.42 Å². The number of ether oxygens (including phenoxy) is 1. The highest BCUT2D eigenvalue weighted by Crippen LogP contribution is 1.97. The van der Waals surface area contributed by atoms with Crippen molar-refractivity contribution in [3.05, 3.63) is 0 Å². The molecule has 1 aliphatic rings. The number of amides is 2. The van der Waals surface area contributed by atoms with E-state index < -0.39 is 0 Å². The standard InChI is InChI=1S/C10H18N2O3/c1-2-6-15-7-5-12-4-3-9(13)11-8-10(12)14/h2-8H2,1H3,(H,11,13). The number of rotatable bonds is 5. The molecule has 0 aromatic carbocycles. The number of nitrogens with one attached hydrogen (secondary N) is 1. The highest BCUT2D eigenvalue weighted by atomic mass is 16.5. The molecule has 5 heteroatoms. The fourth-order valence-corrected chi connectivity index (χ4v) is 1.39. The van der Waals surface area contributed by atoms with Crippen molar-refractivity contribution in [1.82, 2.24) is 10.2 Å². The Bertz CT molecular complexity index is 231. The van der Waals surface area contributed by atoms with E-state index in [0.717, 1.165) is 13.0 Å². The van der Waals surface area contributed by atoms with Gasteiger partial charge in [-0.1, -0.05) is 6.92 Å². The van der Waals surface area contributed by atoms with Gasteiger partial charge in [0.1, 0.15) is 0 Å². The Balaban J connectivity index is 2.26. The second-order valence-corrected chi connectivity index (χ2v) is 3.52. The first-order valence-electron chi connectivity index (χ1n) is 5.36. The van der Waals surface area contributed by atoms with Gasteiger partial charge < -0.3 is 15.0 Å². The molecule has 1 fully saturated rings. The second kappa shape index (κ2) is 6.40. The molecule has 1 N–H and O–H groups in total. The van der Waals surface area contributed by atoms with Crippen LogP contribution in [0.25, 0.3) is 0 Å². The minimum atomic E-state index is -0.0553. The summed E-state index contributed by atoms with van der Waals surface area (Å²) in [6, 6.07) is 0. The van der Waals surface area contributed by atoms with Gasteiger partial charge in [0, 0.05) is 26.1 Å². The minimum absolute atomic E-state index is 0.0269. The fraction of sp³-hybridized carbons (Fsp3) is 0.800. The van der Waals surface area contributed by atoms with Crippen molar-refractivity contribution < 1.29 is 14.3 Å². The van der Waals surface area contributed by atoms with Gasteiger partial charge in [-0.3, -0.25) is 9.59 Å². The molecule has 0 spiro atoms. The summed E-state index contributed by atoms with van der Waals surface area (Å²) in [7, 11) is 0. The average Bonchev–Trinajstić information content (AvgIpc) is 2.38. The van der Waals surface area contributed by atoms with Crippen LogP contribution >= 0.6 is 0 Å². The molecule has 0 atom stereocenters. The zero-order valence-electron chi connectivity index (χ0n) is 9.12. The lowest BCUT2D eigenvalue weighted by Crippen LogP contribution is -2.37. The first-order valence-corrected chi connectivity index (χ1v) is 5.36. The van der Waals surface area contributed by atoms with Crippen LogP contribution in [0.3, 0.4) is 0 Å². The molecule has 86 valence electrons. The number of carbonyl (C=O) groups is 2. The highest BCUT2D eigenvalue weighted by molar-refractivity contribution is 5.87. The van der Waals surface area contributed by atoms with Crippen molar-refractivity contribution in [3.63, 3.8) is 0 Å². The van der Waals surface area contributed by atoms with Gasteiger partial charge >= 0.3 is 0 Å². The number of carbonyl (C=O) groups excluding carboxylic acids is 2. The van der Waals surface area contributed by atoms with Crippen LogP contribution in [0.5, 0.6) is 0 Å². The quantitative estimate of drug-likeness (QED) is 0.643. The fourth-order valence-electron chi connectivity index (χ4n) is 1.39. The topological polar surface area (TPSA) is 58.6 Å². The molecule has 0 aliphatic carbocycles. The molecule has 0 aromatic heterocycles. The van der Waals surface area contributed by atoms with Gasteiger partial charge in [-0.15, -0.1) is 0 Å². The molecule has 15 heavy (non-hydrogen) atoms. The molecule has 1 aliphatic heterocycles. The molecule has 1 rings (SSSR count). The number of hydrogen-bond acceptors (Lipinski definition) is 3. The summed E-state index contributed by atoms with van der Waals surface area (Å²) in [6.45, 7) is 4.51. The summed E-state index contributed by atoms with van der Waals surface area (Å²) in [5.74, 6) is -0.0822. The van der Waals surface area contributed by atoms with Gasteiger partial charge in [-0.25, -0.2) is 0 Å². The van der Waals surface area contributed by atoms with Crippen LogP contribution in [-0.4, -0.2) is 49.6 Å². The van der Waals surface area contributed by atoms with E-state index in [4.69, 9.17) is 4.74 Å². The maximum Gasteiger partial charge on any atom is 0.242 e. The molecule has 1 heterocycles. The molecule has 1 saturated heterocycles. The maximum atomic E-state index is 11.5. The zero-order valence-corrected chi connectivity index (χ0v) is 9.12. The Kier molecular flexibility index (Phi) is 5.10. The van der Waals surface area contributed by atoms with E-state index in [1.165, 1.54) is 0 Å². The second-order valence-electron chi connectivity index (χ2n) is 3.52. The Morgan fingerprint density at radius 3 is 2.93 bits per heavy atom. The third-order valence-corrected chi connectivity index (χ3v) is 2.25. The Labute approximate surface area is 89.8 Å². The van der Waals surface area contributed by atoms with Gasteiger partial charge in [0.05, 0.1) is 13.2 Å². The van der Waals surface area contributed by atoms with Crippen LogP contribution in [0, 0.1) is 0 Å². The van der Waals surface area contributed by atoms with Crippen LogP contribution in [-0.2, 0) is 14.3 Å². The van der Waals surface area contributed by atoms with Crippen LogP contribution in [0.2, 0.25) is 0 Å². The van der Waals surface area contributed by atoms with Crippen molar-refractivity contribution in [3.8, 4) is 0 Å². The predicted octanol–water partition coefficient (Wildman–Crippen LogP) is -0.238. The third-order valence-electron chi connectivity index (χ3n) is 2.25. The van der Waals surface area contributed by atoms with Crippen molar-refractivity contribution in [2.24, 2.45) is 0 Å². The van der Waals surface area contributed by atoms with E-state index in [1.54, 1.807) is 4.90 Å². The van der Waals surface area contributed by atoms with Crippen molar-refractivity contribution in [2.75, 3.05) is 32.8 Å². The Morgan fingerprint density at radius 2 is 2.20 bits per heavy atom. The van der Waals surface area contributed by atoms with Gasteiger partial charge in [-0.2, -0.15) is 0 Å².